The van der Waals surface area contributed by atoms with Crippen molar-refractivity contribution >= 4 is 35.0 Å². The molecular weight excluding hydrogens is 455 g/mol. The van der Waals surface area contributed by atoms with Crippen LogP contribution >= 0.6 is 23.2 Å². The molecule has 0 heterocycles. The van der Waals surface area contributed by atoms with Crippen molar-refractivity contribution in [3.63, 3.8) is 0 Å². The zero-order valence-corrected chi connectivity index (χ0v) is 20.6. The molecule has 172 valence electrons. The van der Waals surface area contributed by atoms with Crippen LogP contribution in [0.1, 0.15) is 27.8 Å². The molecule has 4 nitrogen and oxygen atoms in total. The minimum atomic E-state index is -0.719. The molecule has 3 rings (SSSR count). The van der Waals surface area contributed by atoms with Crippen molar-refractivity contribution in [3.05, 3.63) is 105 Å². The molecule has 0 saturated carbocycles. The van der Waals surface area contributed by atoms with E-state index in [1.54, 1.807) is 30.1 Å². The third-order valence-corrected chi connectivity index (χ3v) is 6.54. The van der Waals surface area contributed by atoms with Crippen LogP contribution < -0.4 is 5.32 Å². The zero-order valence-electron chi connectivity index (χ0n) is 19.1. The summed E-state index contributed by atoms with van der Waals surface area (Å²) >= 11 is 12.9. The van der Waals surface area contributed by atoms with Gasteiger partial charge in [-0.25, -0.2) is 0 Å². The van der Waals surface area contributed by atoms with E-state index in [1.165, 1.54) is 5.56 Å². The van der Waals surface area contributed by atoms with Crippen LogP contribution in [0.5, 0.6) is 0 Å². The van der Waals surface area contributed by atoms with Crippen LogP contribution in [0, 0.1) is 13.8 Å². The smallest absolute Gasteiger partial charge is 0.242 e. The first kappa shape index (κ1) is 24.8. The minimum absolute atomic E-state index is 0.132. The van der Waals surface area contributed by atoms with E-state index in [4.69, 9.17) is 23.2 Å². The number of carbonyl (C=O) groups is 2. The van der Waals surface area contributed by atoms with Crippen molar-refractivity contribution in [1.82, 2.24) is 10.2 Å². The fraction of sp³-hybridized carbons (Fsp3) is 0.259. The molecular formula is C27H28Cl2N2O2. The van der Waals surface area contributed by atoms with Gasteiger partial charge < -0.3 is 10.2 Å². The molecule has 0 aliphatic carbocycles. The standard InChI is InChI=1S/C27H28Cl2N2O2/c1-18-12-13-21(14-19(18)2)16-26(32)31(17-22-23(28)10-7-11-24(22)29)25(27(33)30-3)15-20-8-5-4-6-9-20/h4-14,25H,15-17H2,1-3H3,(H,30,33)/t25-/m0/s1. The van der Waals surface area contributed by atoms with Crippen LogP contribution in [0.2, 0.25) is 10.0 Å². The van der Waals surface area contributed by atoms with Crippen molar-refractivity contribution < 1.29 is 9.59 Å². The van der Waals surface area contributed by atoms with Gasteiger partial charge >= 0.3 is 0 Å². The number of benzene rings is 3. The number of hydrogen-bond acceptors (Lipinski definition) is 2. The largest absolute Gasteiger partial charge is 0.357 e. The van der Waals surface area contributed by atoms with Crippen LogP contribution in [0.25, 0.3) is 0 Å². The molecule has 3 aromatic carbocycles. The van der Waals surface area contributed by atoms with Crippen molar-refractivity contribution in [2.45, 2.75) is 39.3 Å². The average Bonchev–Trinajstić information content (AvgIpc) is 2.80. The summed E-state index contributed by atoms with van der Waals surface area (Å²) in [4.78, 5) is 28.2. The summed E-state index contributed by atoms with van der Waals surface area (Å²) in [5, 5.41) is 3.64. The van der Waals surface area contributed by atoms with Gasteiger partial charge in [0.05, 0.1) is 6.42 Å². The van der Waals surface area contributed by atoms with Gasteiger partial charge in [-0.2, -0.15) is 0 Å². The molecule has 0 radical (unpaired) electrons. The van der Waals surface area contributed by atoms with E-state index in [1.807, 2.05) is 62.4 Å². The van der Waals surface area contributed by atoms with Crippen LogP contribution in [-0.2, 0) is 29.0 Å². The maximum atomic E-state index is 13.6. The number of likely N-dealkylation sites (N-methyl/N-ethyl adjacent to an activating group) is 1. The van der Waals surface area contributed by atoms with Crippen molar-refractivity contribution in [2.75, 3.05) is 7.05 Å². The fourth-order valence-electron chi connectivity index (χ4n) is 3.76. The lowest BCUT2D eigenvalue weighted by Gasteiger charge is -2.32. The molecule has 0 fully saturated rings. The van der Waals surface area contributed by atoms with E-state index in [0.717, 1.165) is 16.7 Å². The quantitative estimate of drug-likeness (QED) is 0.458. The lowest BCUT2D eigenvalue weighted by molar-refractivity contribution is -0.140. The number of rotatable bonds is 8. The average molecular weight is 483 g/mol. The SMILES string of the molecule is CNC(=O)[C@H](Cc1ccccc1)N(Cc1c(Cl)cccc1Cl)C(=O)Cc1ccc(C)c(C)c1. The molecule has 0 aliphatic heterocycles. The molecule has 0 saturated heterocycles. The van der Waals surface area contributed by atoms with E-state index in [-0.39, 0.29) is 24.8 Å². The number of nitrogens with one attached hydrogen (secondary N) is 1. The molecule has 3 aromatic rings. The zero-order chi connectivity index (χ0) is 24.0. The minimum Gasteiger partial charge on any atom is -0.357 e. The second-order valence-corrected chi connectivity index (χ2v) is 8.95. The van der Waals surface area contributed by atoms with E-state index in [9.17, 15) is 9.59 Å². The van der Waals surface area contributed by atoms with Crippen LogP contribution in [0.4, 0.5) is 0 Å². The molecule has 1 atom stereocenters. The second kappa shape index (κ2) is 11.4. The van der Waals surface area contributed by atoms with Crippen LogP contribution in [-0.4, -0.2) is 29.8 Å². The number of amides is 2. The monoisotopic (exact) mass is 482 g/mol. The molecule has 0 spiro atoms. The number of nitrogens with zero attached hydrogens (tertiary/aromatic N) is 1. The van der Waals surface area contributed by atoms with Crippen LogP contribution in [0.15, 0.2) is 66.7 Å². The van der Waals surface area contributed by atoms with E-state index in [0.29, 0.717) is 22.0 Å². The van der Waals surface area contributed by atoms with Crippen molar-refractivity contribution in [2.24, 2.45) is 0 Å². The first-order chi connectivity index (χ1) is 15.8. The summed E-state index contributed by atoms with van der Waals surface area (Å²) in [5.41, 5.74) is 4.76. The molecule has 33 heavy (non-hydrogen) atoms. The Hall–Kier alpha value is -2.82. The number of carbonyl (C=O) groups excluding carboxylic acids is 2. The molecule has 0 unspecified atom stereocenters. The molecule has 0 bridgehead atoms. The lowest BCUT2D eigenvalue weighted by Crippen LogP contribution is -2.50. The third-order valence-electron chi connectivity index (χ3n) is 5.83. The van der Waals surface area contributed by atoms with E-state index >= 15 is 0 Å². The molecule has 0 aliphatic rings. The Labute approximate surface area is 205 Å². The Bertz CT molecular complexity index is 1110. The van der Waals surface area contributed by atoms with Gasteiger partial charge in [-0.15, -0.1) is 0 Å². The third kappa shape index (κ3) is 6.37. The van der Waals surface area contributed by atoms with Gasteiger partial charge in [0.25, 0.3) is 0 Å². The highest BCUT2D eigenvalue weighted by molar-refractivity contribution is 6.36. The number of aryl methyl sites for hydroxylation is 2. The maximum Gasteiger partial charge on any atom is 0.242 e. The lowest BCUT2D eigenvalue weighted by atomic mass is 10.0. The van der Waals surface area contributed by atoms with Gasteiger partial charge in [-0.1, -0.05) is 77.8 Å². The van der Waals surface area contributed by atoms with Crippen LogP contribution in [0.3, 0.4) is 0 Å². The normalized spacial score (nSPS) is 11.7. The molecule has 0 aromatic heterocycles. The summed E-state index contributed by atoms with van der Waals surface area (Å²) in [5.74, 6) is -0.408. The van der Waals surface area contributed by atoms with Gasteiger partial charge in [0.1, 0.15) is 6.04 Å². The maximum absolute atomic E-state index is 13.6. The highest BCUT2D eigenvalue weighted by Crippen LogP contribution is 2.27. The number of halogens is 2. The topological polar surface area (TPSA) is 49.4 Å². The summed E-state index contributed by atoms with van der Waals surface area (Å²) < 4.78 is 0. The first-order valence-corrected chi connectivity index (χ1v) is 11.6. The highest BCUT2D eigenvalue weighted by Gasteiger charge is 2.30. The Morgan fingerprint density at radius 3 is 2.15 bits per heavy atom. The molecule has 1 N–H and O–H groups in total. The van der Waals surface area contributed by atoms with Gasteiger partial charge in [-0.05, 0) is 48.2 Å². The van der Waals surface area contributed by atoms with Gasteiger partial charge in [0.15, 0.2) is 0 Å². The Morgan fingerprint density at radius 1 is 0.879 bits per heavy atom. The van der Waals surface area contributed by atoms with Gasteiger partial charge in [0, 0.05) is 35.6 Å². The van der Waals surface area contributed by atoms with Crippen molar-refractivity contribution in [3.8, 4) is 0 Å². The Balaban J connectivity index is 2.00. The first-order valence-electron chi connectivity index (χ1n) is 10.8. The van der Waals surface area contributed by atoms with Gasteiger partial charge in [-0.3, -0.25) is 9.59 Å². The second-order valence-electron chi connectivity index (χ2n) is 8.14. The fourth-order valence-corrected chi connectivity index (χ4v) is 4.28. The van der Waals surface area contributed by atoms with E-state index < -0.39 is 6.04 Å². The summed E-state index contributed by atoms with van der Waals surface area (Å²) in [7, 11) is 1.58. The molecule has 6 heteroatoms. The predicted octanol–water partition coefficient (Wildman–Crippen LogP) is 5.54. The summed E-state index contributed by atoms with van der Waals surface area (Å²) in [6, 6.07) is 20.1. The van der Waals surface area contributed by atoms with E-state index in [2.05, 4.69) is 5.32 Å². The molecule has 2 amide bonds. The number of hydrogen-bond donors (Lipinski definition) is 1. The predicted molar refractivity (Wildman–Crippen MR) is 135 cm³/mol. The Morgan fingerprint density at radius 2 is 1.55 bits per heavy atom. The van der Waals surface area contributed by atoms with Gasteiger partial charge in [0.2, 0.25) is 11.8 Å². The highest BCUT2D eigenvalue weighted by atomic mass is 35.5. The Kier molecular flexibility index (Phi) is 8.54. The summed E-state index contributed by atoms with van der Waals surface area (Å²) in [6.07, 6.45) is 0.548. The van der Waals surface area contributed by atoms with Crippen molar-refractivity contribution in [1.29, 1.82) is 0 Å². The summed E-state index contributed by atoms with van der Waals surface area (Å²) in [6.45, 7) is 4.19.